The van der Waals surface area contributed by atoms with Crippen LogP contribution < -0.4 is 10.6 Å². The molecule has 0 spiro atoms. The fourth-order valence-corrected chi connectivity index (χ4v) is 3.06. The average molecular weight is 364 g/mol. The molecule has 7 heteroatoms. The van der Waals surface area contributed by atoms with Crippen molar-refractivity contribution in [1.82, 2.24) is 20.8 Å². The van der Waals surface area contributed by atoms with E-state index in [-0.39, 0.29) is 0 Å². The third kappa shape index (κ3) is 6.16. The van der Waals surface area contributed by atoms with Gasteiger partial charge in [0.25, 0.3) is 0 Å². The van der Waals surface area contributed by atoms with Gasteiger partial charge in [0.15, 0.2) is 11.7 Å². The average Bonchev–Trinajstić information content (AvgIpc) is 3.22. The van der Waals surface area contributed by atoms with Gasteiger partial charge in [0.1, 0.15) is 6.54 Å². The van der Waals surface area contributed by atoms with Gasteiger partial charge in [-0.2, -0.15) is 0 Å². The normalized spacial score (nSPS) is 12.2. The molecule has 2 N–H and O–H groups in total. The first kappa shape index (κ1) is 19.4. The van der Waals surface area contributed by atoms with Crippen LogP contribution >= 0.6 is 11.3 Å². The van der Waals surface area contributed by atoms with Gasteiger partial charge in [0, 0.05) is 36.9 Å². The first-order chi connectivity index (χ1) is 12.0. The molecule has 0 amide bonds. The van der Waals surface area contributed by atoms with E-state index >= 15 is 0 Å². The summed E-state index contributed by atoms with van der Waals surface area (Å²) < 4.78 is 5.33. The Labute approximate surface area is 154 Å². The summed E-state index contributed by atoms with van der Waals surface area (Å²) in [5, 5.41) is 14.0. The summed E-state index contributed by atoms with van der Waals surface area (Å²) in [4.78, 5) is 9.22. The van der Waals surface area contributed by atoms with Crippen LogP contribution in [0.2, 0.25) is 0 Å². The lowest BCUT2D eigenvalue weighted by Gasteiger charge is -2.10. The van der Waals surface area contributed by atoms with Crippen molar-refractivity contribution in [3.63, 3.8) is 0 Å². The Morgan fingerprint density at radius 2 is 2.04 bits per heavy atom. The van der Waals surface area contributed by atoms with Crippen molar-refractivity contribution >= 4 is 17.3 Å². The summed E-state index contributed by atoms with van der Waals surface area (Å²) in [6, 6.07) is 1.97. The maximum atomic E-state index is 5.33. The molecule has 0 aliphatic heterocycles. The highest BCUT2D eigenvalue weighted by molar-refractivity contribution is 7.09. The molecule has 6 nitrogen and oxygen atoms in total. The van der Waals surface area contributed by atoms with Gasteiger partial charge < -0.3 is 15.2 Å². The number of rotatable bonds is 8. The van der Waals surface area contributed by atoms with Crippen LogP contribution in [0.1, 0.15) is 68.6 Å². The Morgan fingerprint density at radius 3 is 2.64 bits per heavy atom. The van der Waals surface area contributed by atoms with Crippen LogP contribution in [-0.4, -0.2) is 29.2 Å². The smallest absolute Gasteiger partial charge is 0.191 e. The number of nitrogens with zero attached hydrogens (tertiary/aromatic N) is 3. The summed E-state index contributed by atoms with van der Waals surface area (Å²) in [7, 11) is 0. The topological polar surface area (TPSA) is 75.3 Å². The zero-order chi connectivity index (χ0) is 18.2. The molecule has 138 valence electrons. The van der Waals surface area contributed by atoms with Crippen molar-refractivity contribution < 1.29 is 4.52 Å². The fraction of sp³-hybridized carbons (Fsp3) is 0.611. The van der Waals surface area contributed by atoms with E-state index in [2.05, 4.69) is 65.8 Å². The molecule has 2 aromatic heterocycles. The van der Waals surface area contributed by atoms with Gasteiger partial charge >= 0.3 is 0 Å². The molecule has 0 aromatic carbocycles. The number of aliphatic imine (C=N–C) groups is 1. The van der Waals surface area contributed by atoms with Crippen LogP contribution in [0.15, 0.2) is 21.0 Å². The maximum absolute atomic E-state index is 5.33. The summed E-state index contributed by atoms with van der Waals surface area (Å²) in [5.74, 6) is 2.41. The van der Waals surface area contributed by atoms with Crippen molar-refractivity contribution in [2.45, 2.75) is 59.4 Å². The zero-order valence-electron chi connectivity index (χ0n) is 15.8. The predicted octanol–water partition coefficient (Wildman–Crippen LogP) is 3.68. The molecule has 0 atom stereocenters. The van der Waals surface area contributed by atoms with E-state index in [0.717, 1.165) is 42.6 Å². The van der Waals surface area contributed by atoms with E-state index < -0.39 is 0 Å². The number of hydrogen-bond acceptors (Lipinski definition) is 5. The molecule has 2 rings (SSSR count). The number of aromatic nitrogens is 2. The molecular weight excluding hydrogens is 334 g/mol. The number of guanidine groups is 1. The van der Waals surface area contributed by atoms with E-state index in [1.807, 2.05) is 6.07 Å². The first-order valence-corrected chi connectivity index (χ1v) is 9.79. The van der Waals surface area contributed by atoms with Crippen LogP contribution in [0.25, 0.3) is 0 Å². The summed E-state index contributed by atoms with van der Waals surface area (Å²) in [6.07, 6.45) is 0.882. The lowest BCUT2D eigenvalue weighted by Crippen LogP contribution is -2.38. The van der Waals surface area contributed by atoms with Crippen LogP contribution in [0, 0.1) is 0 Å². The fourth-order valence-electron chi connectivity index (χ4n) is 2.19. The minimum Gasteiger partial charge on any atom is -0.359 e. The Hall–Kier alpha value is -1.89. The van der Waals surface area contributed by atoms with Crippen molar-refractivity contribution in [2.75, 3.05) is 13.1 Å². The molecule has 0 unspecified atom stereocenters. The van der Waals surface area contributed by atoms with Gasteiger partial charge in [-0.05, 0) is 12.8 Å². The Balaban J connectivity index is 1.86. The van der Waals surface area contributed by atoms with Gasteiger partial charge in [0.05, 0.1) is 16.4 Å². The minimum absolute atomic E-state index is 0.363. The lowest BCUT2D eigenvalue weighted by molar-refractivity contribution is 0.376. The largest absolute Gasteiger partial charge is 0.359 e. The second kappa shape index (κ2) is 9.56. The highest BCUT2D eigenvalue weighted by Crippen LogP contribution is 2.19. The number of hydrogen-bond donors (Lipinski definition) is 2. The Kier molecular flexibility index (Phi) is 7.43. The third-order valence-corrected chi connectivity index (χ3v) is 4.84. The molecule has 2 heterocycles. The second-order valence-corrected chi connectivity index (χ2v) is 7.47. The molecule has 0 bridgehead atoms. The zero-order valence-corrected chi connectivity index (χ0v) is 16.6. The van der Waals surface area contributed by atoms with Crippen molar-refractivity contribution in [3.05, 3.63) is 33.6 Å². The highest BCUT2D eigenvalue weighted by atomic mass is 32.1. The van der Waals surface area contributed by atoms with Gasteiger partial charge in [-0.1, -0.05) is 32.9 Å². The number of nitrogens with one attached hydrogen (secondary N) is 2. The molecule has 25 heavy (non-hydrogen) atoms. The number of thiazole rings is 1. The molecule has 2 aromatic rings. The lowest BCUT2D eigenvalue weighted by atomic mass is 10.1. The van der Waals surface area contributed by atoms with Crippen LogP contribution in [0.5, 0.6) is 0 Å². The van der Waals surface area contributed by atoms with E-state index in [1.54, 1.807) is 11.3 Å². The monoisotopic (exact) mass is 363 g/mol. The summed E-state index contributed by atoms with van der Waals surface area (Å²) in [5.41, 5.74) is 2.10. The van der Waals surface area contributed by atoms with Crippen LogP contribution in [0.4, 0.5) is 0 Å². The summed E-state index contributed by atoms with van der Waals surface area (Å²) >= 11 is 1.73. The van der Waals surface area contributed by atoms with E-state index in [0.29, 0.717) is 18.4 Å². The molecule has 0 radical (unpaired) electrons. The van der Waals surface area contributed by atoms with Crippen molar-refractivity contribution in [2.24, 2.45) is 4.99 Å². The molecule has 0 aliphatic carbocycles. The summed E-state index contributed by atoms with van der Waals surface area (Å²) in [6.45, 7) is 12.7. The molecule has 0 saturated carbocycles. The van der Waals surface area contributed by atoms with Crippen molar-refractivity contribution in [3.8, 4) is 0 Å². The standard InChI is InChI=1S/C18H29N5OS/c1-6-19-18(21-10-15-9-16(12(2)3)23-24-15)20-8-7-14-11-25-17(22-14)13(4)5/h9,11-13H,6-8,10H2,1-5H3,(H2,19,20,21). The highest BCUT2D eigenvalue weighted by Gasteiger charge is 2.08. The molecule has 0 fully saturated rings. The minimum atomic E-state index is 0.363. The second-order valence-electron chi connectivity index (χ2n) is 6.58. The van der Waals surface area contributed by atoms with E-state index in [1.165, 1.54) is 5.01 Å². The molecule has 0 aliphatic rings. The van der Waals surface area contributed by atoms with Gasteiger partial charge in [0.2, 0.25) is 0 Å². The predicted molar refractivity (Wildman–Crippen MR) is 103 cm³/mol. The van der Waals surface area contributed by atoms with Gasteiger partial charge in [-0.25, -0.2) is 9.98 Å². The first-order valence-electron chi connectivity index (χ1n) is 8.91. The van der Waals surface area contributed by atoms with Gasteiger partial charge in [-0.15, -0.1) is 11.3 Å². The Morgan fingerprint density at radius 1 is 1.24 bits per heavy atom. The molecular formula is C18H29N5OS. The van der Waals surface area contributed by atoms with Crippen LogP contribution in [0.3, 0.4) is 0 Å². The maximum Gasteiger partial charge on any atom is 0.191 e. The third-order valence-electron chi connectivity index (χ3n) is 3.64. The Bertz CT molecular complexity index is 675. The van der Waals surface area contributed by atoms with Crippen molar-refractivity contribution in [1.29, 1.82) is 0 Å². The van der Waals surface area contributed by atoms with E-state index in [9.17, 15) is 0 Å². The SMILES string of the molecule is CCNC(=NCc1cc(C(C)C)no1)NCCc1csc(C(C)C)n1. The van der Waals surface area contributed by atoms with E-state index in [4.69, 9.17) is 4.52 Å². The van der Waals surface area contributed by atoms with Gasteiger partial charge in [-0.3, -0.25) is 0 Å². The molecule has 0 saturated heterocycles. The quantitative estimate of drug-likeness (QED) is 0.553. The van der Waals surface area contributed by atoms with Crippen LogP contribution in [-0.2, 0) is 13.0 Å².